The molecule has 1 heterocycles. The molecular formula is C40H41N5O4. The minimum Gasteiger partial charge on any atom is -0.445 e. The smallest absolute Gasteiger partial charge is 0.408 e. The summed E-state index contributed by atoms with van der Waals surface area (Å²) in [5.74, 6) is -0.668. The fourth-order valence-electron chi connectivity index (χ4n) is 6.27. The number of carbonyl (C=O) groups is 3. The second kappa shape index (κ2) is 15.9. The van der Waals surface area contributed by atoms with E-state index in [4.69, 9.17) is 4.74 Å². The van der Waals surface area contributed by atoms with Crippen molar-refractivity contribution in [2.75, 3.05) is 13.1 Å². The van der Waals surface area contributed by atoms with Gasteiger partial charge in [0, 0.05) is 36.8 Å². The fourth-order valence-corrected chi connectivity index (χ4v) is 6.27. The molecule has 0 aliphatic heterocycles. The number of H-pyrrole nitrogens is 1. The summed E-state index contributed by atoms with van der Waals surface area (Å²) in [5, 5.41) is 5.89. The molecule has 1 aliphatic rings. The number of imidazole rings is 1. The molecule has 250 valence electrons. The van der Waals surface area contributed by atoms with E-state index in [1.165, 1.54) is 16.8 Å². The number of benzene rings is 4. The van der Waals surface area contributed by atoms with Crippen LogP contribution in [-0.4, -0.2) is 51.9 Å². The Balaban J connectivity index is 1.20. The van der Waals surface area contributed by atoms with Crippen LogP contribution in [0, 0.1) is 0 Å². The maximum absolute atomic E-state index is 14.3. The van der Waals surface area contributed by atoms with E-state index in [9.17, 15) is 14.4 Å². The number of aromatic nitrogens is 2. The first-order valence-corrected chi connectivity index (χ1v) is 16.7. The maximum atomic E-state index is 14.3. The molecule has 1 atom stereocenters. The first-order valence-electron chi connectivity index (χ1n) is 16.7. The molecule has 1 fully saturated rings. The molecule has 1 aromatic heterocycles. The lowest BCUT2D eigenvalue weighted by atomic mass is 9.64. The van der Waals surface area contributed by atoms with Crippen LogP contribution in [-0.2, 0) is 39.3 Å². The molecule has 0 bridgehead atoms. The molecule has 6 rings (SSSR count). The Labute approximate surface area is 286 Å². The fraction of sp³-hybridized carbons (Fsp3) is 0.250. The van der Waals surface area contributed by atoms with Crippen molar-refractivity contribution in [2.24, 2.45) is 0 Å². The van der Waals surface area contributed by atoms with E-state index in [0.29, 0.717) is 12.2 Å². The zero-order valence-electron chi connectivity index (χ0n) is 27.4. The minimum atomic E-state index is -1.01. The van der Waals surface area contributed by atoms with E-state index in [2.05, 4.69) is 32.7 Å². The van der Waals surface area contributed by atoms with Gasteiger partial charge in [-0.05, 0) is 40.7 Å². The molecule has 5 aromatic rings. The summed E-state index contributed by atoms with van der Waals surface area (Å²) in [7, 11) is 0. The Kier molecular flexibility index (Phi) is 10.8. The highest BCUT2D eigenvalue weighted by molar-refractivity contribution is 5.90. The van der Waals surface area contributed by atoms with Crippen molar-refractivity contribution in [3.05, 3.63) is 150 Å². The van der Waals surface area contributed by atoms with Gasteiger partial charge in [-0.2, -0.15) is 0 Å². The van der Waals surface area contributed by atoms with Crippen LogP contribution in [0.4, 0.5) is 4.79 Å². The summed E-state index contributed by atoms with van der Waals surface area (Å²) in [6, 6.07) is 36.6. The van der Waals surface area contributed by atoms with Gasteiger partial charge in [0.05, 0.1) is 12.9 Å². The Morgan fingerprint density at radius 3 is 2.10 bits per heavy atom. The third-order valence-electron chi connectivity index (χ3n) is 9.18. The molecule has 3 N–H and O–H groups in total. The van der Waals surface area contributed by atoms with Gasteiger partial charge in [0.2, 0.25) is 11.8 Å². The zero-order valence-corrected chi connectivity index (χ0v) is 27.4. The maximum Gasteiger partial charge on any atom is 0.408 e. The Morgan fingerprint density at radius 2 is 1.47 bits per heavy atom. The van der Waals surface area contributed by atoms with Gasteiger partial charge in [-0.15, -0.1) is 0 Å². The van der Waals surface area contributed by atoms with Gasteiger partial charge in [0.25, 0.3) is 0 Å². The number of rotatable bonds is 14. The minimum absolute atomic E-state index is 0.0562. The SMILES string of the molecule is O=C(CN(Cc1ccc(-c2ccccc2)cc1)C(=O)[C@H](Cc1cnc[nH]1)NC(=O)OCc1ccccc1)NCC1(c2ccccc2)CCC1. The molecule has 0 saturated heterocycles. The molecule has 9 nitrogen and oxygen atoms in total. The third kappa shape index (κ3) is 8.81. The van der Waals surface area contributed by atoms with E-state index in [0.717, 1.165) is 41.5 Å². The van der Waals surface area contributed by atoms with Crippen molar-refractivity contribution >= 4 is 17.9 Å². The summed E-state index contributed by atoms with van der Waals surface area (Å²) >= 11 is 0. The molecule has 1 saturated carbocycles. The van der Waals surface area contributed by atoms with Gasteiger partial charge in [-0.1, -0.05) is 122 Å². The van der Waals surface area contributed by atoms with Crippen molar-refractivity contribution in [3.63, 3.8) is 0 Å². The first-order chi connectivity index (χ1) is 24.0. The molecule has 1 aliphatic carbocycles. The van der Waals surface area contributed by atoms with Crippen molar-refractivity contribution < 1.29 is 19.1 Å². The number of nitrogens with zero attached hydrogens (tertiary/aromatic N) is 2. The van der Waals surface area contributed by atoms with Crippen molar-refractivity contribution in [1.82, 2.24) is 25.5 Å². The monoisotopic (exact) mass is 655 g/mol. The number of hydrogen-bond acceptors (Lipinski definition) is 5. The molecule has 9 heteroatoms. The highest BCUT2D eigenvalue weighted by atomic mass is 16.5. The topological polar surface area (TPSA) is 116 Å². The van der Waals surface area contributed by atoms with Crippen molar-refractivity contribution in [2.45, 2.75) is 50.3 Å². The van der Waals surface area contributed by atoms with Gasteiger partial charge < -0.3 is 25.3 Å². The van der Waals surface area contributed by atoms with Gasteiger partial charge in [0.15, 0.2) is 0 Å². The quantitative estimate of drug-likeness (QED) is 0.132. The standard InChI is InChI=1S/C40H41N5O4/c46-37(42-28-40(21-10-22-40)34-15-8-3-9-16-34)26-45(25-30-17-19-33(20-18-30)32-13-6-2-7-14-32)38(47)36(23-35-24-41-29-43-35)44-39(48)49-27-31-11-4-1-5-12-31/h1-9,11-20,24,29,36H,10,21-23,25-28H2,(H,41,43)(H,42,46)(H,44,48)/t36-/m0/s1. The summed E-state index contributed by atoms with van der Waals surface area (Å²) < 4.78 is 5.47. The van der Waals surface area contributed by atoms with Crippen molar-refractivity contribution in [1.29, 1.82) is 0 Å². The van der Waals surface area contributed by atoms with E-state index >= 15 is 0 Å². The van der Waals surface area contributed by atoms with Gasteiger partial charge in [0.1, 0.15) is 12.6 Å². The number of carbonyl (C=O) groups excluding carboxylic acids is 3. The van der Waals surface area contributed by atoms with Crippen LogP contribution in [0.5, 0.6) is 0 Å². The molecule has 0 spiro atoms. The van der Waals surface area contributed by atoms with E-state index in [1.54, 1.807) is 6.20 Å². The number of ether oxygens (including phenoxy) is 1. The van der Waals surface area contributed by atoms with Gasteiger partial charge in [-0.25, -0.2) is 9.78 Å². The molecule has 0 radical (unpaired) electrons. The van der Waals surface area contributed by atoms with Crippen LogP contribution in [0.3, 0.4) is 0 Å². The van der Waals surface area contributed by atoms with Crippen molar-refractivity contribution in [3.8, 4) is 11.1 Å². The molecule has 49 heavy (non-hydrogen) atoms. The predicted octanol–water partition coefficient (Wildman–Crippen LogP) is 6.18. The lowest BCUT2D eigenvalue weighted by Crippen LogP contribution is -2.53. The number of alkyl carbamates (subject to hydrolysis) is 1. The Bertz CT molecular complexity index is 1790. The summed E-state index contributed by atoms with van der Waals surface area (Å²) in [5.41, 5.74) is 5.58. The largest absolute Gasteiger partial charge is 0.445 e. The third-order valence-corrected chi connectivity index (χ3v) is 9.18. The van der Waals surface area contributed by atoms with Crippen LogP contribution in [0.15, 0.2) is 128 Å². The summed E-state index contributed by atoms with van der Waals surface area (Å²) in [4.78, 5) is 49.5. The lowest BCUT2D eigenvalue weighted by Gasteiger charge is -2.42. The summed E-state index contributed by atoms with van der Waals surface area (Å²) in [6.07, 6.45) is 5.64. The highest BCUT2D eigenvalue weighted by Gasteiger charge is 2.39. The molecule has 4 aromatic carbocycles. The van der Waals surface area contributed by atoms with Crippen LogP contribution in [0.25, 0.3) is 11.1 Å². The van der Waals surface area contributed by atoms with Gasteiger partial charge in [-0.3, -0.25) is 9.59 Å². The lowest BCUT2D eigenvalue weighted by molar-refractivity contribution is -0.138. The summed E-state index contributed by atoms with van der Waals surface area (Å²) in [6.45, 7) is 0.543. The molecule has 0 unspecified atom stereocenters. The second-order valence-corrected chi connectivity index (χ2v) is 12.6. The van der Waals surface area contributed by atoms with E-state index in [-0.39, 0.29) is 37.4 Å². The zero-order chi connectivity index (χ0) is 33.9. The van der Waals surface area contributed by atoms with E-state index in [1.807, 2.05) is 103 Å². The average molecular weight is 656 g/mol. The van der Waals surface area contributed by atoms with Crippen LogP contribution < -0.4 is 10.6 Å². The first kappa shape index (κ1) is 33.2. The van der Waals surface area contributed by atoms with Gasteiger partial charge >= 0.3 is 6.09 Å². The normalized spacial score (nSPS) is 13.8. The van der Waals surface area contributed by atoms with Crippen LogP contribution >= 0.6 is 0 Å². The average Bonchev–Trinajstić information content (AvgIpc) is 3.64. The Morgan fingerprint density at radius 1 is 0.816 bits per heavy atom. The second-order valence-electron chi connectivity index (χ2n) is 12.6. The number of amides is 3. The van der Waals surface area contributed by atoms with Crippen LogP contribution in [0.2, 0.25) is 0 Å². The molecule has 3 amide bonds. The number of aromatic amines is 1. The van der Waals surface area contributed by atoms with E-state index < -0.39 is 18.0 Å². The highest BCUT2D eigenvalue weighted by Crippen LogP contribution is 2.43. The molecular weight excluding hydrogens is 614 g/mol. The number of hydrogen-bond donors (Lipinski definition) is 3. The number of nitrogens with one attached hydrogen (secondary N) is 3. The van der Waals surface area contributed by atoms with Crippen LogP contribution in [0.1, 0.15) is 41.6 Å². The Hall–Kier alpha value is -5.70. The predicted molar refractivity (Wildman–Crippen MR) is 188 cm³/mol.